The van der Waals surface area contributed by atoms with Crippen molar-refractivity contribution in [2.45, 2.75) is 37.8 Å². The van der Waals surface area contributed by atoms with Gasteiger partial charge in [0.1, 0.15) is 6.61 Å². The van der Waals surface area contributed by atoms with Gasteiger partial charge in [-0.25, -0.2) is 4.39 Å². The van der Waals surface area contributed by atoms with Gasteiger partial charge in [0.25, 0.3) is 5.91 Å². The Bertz CT molecular complexity index is 1250. The minimum Gasteiger partial charge on any atom is -0.489 e. The number of likely N-dealkylation sites (tertiary alicyclic amines) is 1. The fourth-order valence-electron chi connectivity index (χ4n) is 4.56. The highest BCUT2D eigenvalue weighted by atomic mass is 19.1. The molecule has 5 nitrogen and oxygen atoms in total. The average molecular weight is 446 g/mol. The Labute approximate surface area is 193 Å². The van der Waals surface area contributed by atoms with Gasteiger partial charge >= 0.3 is 0 Å². The summed E-state index contributed by atoms with van der Waals surface area (Å²) >= 11 is 0. The summed E-state index contributed by atoms with van der Waals surface area (Å²) in [5, 5.41) is 4.26. The van der Waals surface area contributed by atoms with Gasteiger partial charge in [0, 0.05) is 23.2 Å². The van der Waals surface area contributed by atoms with Crippen molar-refractivity contribution in [3.8, 4) is 5.75 Å². The van der Waals surface area contributed by atoms with Gasteiger partial charge in [-0.3, -0.25) is 14.7 Å². The Morgan fingerprint density at radius 2 is 2.18 bits per heavy atom. The van der Waals surface area contributed by atoms with Gasteiger partial charge in [-0.1, -0.05) is 18.7 Å². The van der Waals surface area contributed by atoms with E-state index < -0.39 is 11.4 Å². The largest absolute Gasteiger partial charge is 0.489 e. The number of fused-ring (bicyclic) bond motifs is 1. The maximum Gasteiger partial charge on any atom is 0.252 e. The monoisotopic (exact) mass is 445 g/mol. The zero-order chi connectivity index (χ0) is 23.2. The van der Waals surface area contributed by atoms with Crippen molar-refractivity contribution in [2.75, 3.05) is 20.2 Å². The number of aryl methyl sites for hydroxylation is 1. The van der Waals surface area contributed by atoms with Crippen LogP contribution >= 0.6 is 0 Å². The molecule has 0 spiro atoms. The number of nitrogens with one attached hydrogen (secondary N) is 1. The van der Waals surface area contributed by atoms with Gasteiger partial charge in [-0.05, 0) is 86.8 Å². The summed E-state index contributed by atoms with van der Waals surface area (Å²) in [7, 11) is 2.03. The smallest absolute Gasteiger partial charge is 0.252 e. The molecule has 1 N–H and O–H groups in total. The zero-order valence-corrected chi connectivity index (χ0v) is 19.0. The summed E-state index contributed by atoms with van der Waals surface area (Å²) in [5.41, 5.74) is 3.43. The van der Waals surface area contributed by atoms with Crippen LogP contribution in [0.2, 0.25) is 0 Å². The molecule has 2 heterocycles. The van der Waals surface area contributed by atoms with E-state index in [-0.39, 0.29) is 17.7 Å². The van der Waals surface area contributed by atoms with Crippen molar-refractivity contribution in [1.82, 2.24) is 15.2 Å². The Hall–Kier alpha value is -3.25. The minimum absolute atomic E-state index is 0.124. The van der Waals surface area contributed by atoms with E-state index in [1.165, 1.54) is 12.1 Å². The van der Waals surface area contributed by atoms with Crippen LogP contribution in [0.4, 0.5) is 4.39 Å². The lowest BCUT2D eigenvalue weighted by atomic mass is 9.95. The van der Waals surface area contributed by atoms with E-state index >= 15 is 0 Å². The fourth-order valence-corrected chi connectivity index (χ4v) is 4.56. The van der Waals surface area contributed by atoms with E-state index in [0.29, 0.717) is 17.7 Å². The van der Waals surface area contributed by atoms with Crippen LogP contribution in [0.1, 0.15) is 46.3 Å². The van der Waals surface area contributed by atoms with Crippen LogP contribution in [0.25, 0.3) is 17.0 Å². The van der Waals surface area contributed by atoms with Crippen LogP contribution in [-0.2, 0) is 5.54 Å². The maximum absolute atomic E-state index is 14.5. The van der Waals surface area contributed by atoms with Crippen LogP contribution in [0.3, 0.4) is 0 Å². The molecule has 5 rings (SSSR count). The second-order valence-electron chi connectivity index (χ2n) is 9.21. The lowest BCUT2D eigenvalue weighted by Crippen LogP contribution is -2.48. The lowest BCUT2D eigenvalue weighted by molar-refractivity contribution is 0.0751. The Morgan fingerprint density at radius 1 is 1.36 bits per heavy atom. The normalized spacial score (nSPS) is 19.1. The molecule has 2 aliphatic rings. The number of rotatable bonds is 7. The van der Waals surface area contributed by atoms with Gasteiger partial charge < -0.3 is 10.1 Å². The van der Waals surface area contributed by atoms with Crippen molar-refractivity contribution in [1.29, 1.82) is 0 Å². The molecule has 170 valence electrons. The predicted octanol–water partition coefficient (Wildman–Crippen LogP) is 4.83. The molecule has 1 atom stereocenters. The number of carbonyl (C=O) groups is 1. The number of pyridine rings is 1. The van der Waals surface area contributed by atoms with E-state index in [9.17, 15) is 9.18 Å². The van der Waals surface area contributed by atoms with Gasteiger partial charge in [0.05, 0.1) is 11.1 Å². The predicted molar refractivity (Wildman–Crippen MR) is 128 cm³/mol. The summed E-state index contributed by atoms with van der Waals surface area (Å²) in [6.07, 6.45) is 6.26. The quantitative estimate of drug-likeness (QED) is 0.566. The van der Waals surface area contributed by atoms with Gasteiger partial charge in [-0.15, -0.1) is 0 Å². The van der Waals surface area contributed by atoms with E-state index in [1.807, 2.05) is 25.2 Å². The first-order valence-corrected chi connectivity index (χ1v) is 11.4. The van der Waals surface area contributed by atoms with Crippen molar-refractivity contribution >= 4 is 22.9 Å². The van der Waals surface area contributed by atoms with Crippen LogP contribution in [0.15, 0.2) is 49.2 Å². The Kier molecular flexibility index (Phi) is 5.41. The van der Waals surface area contributed by atoms with Crippen molar-refractivity contribution < 1.29 is 13.9 Å². The summed E-state index contributed by atoms with van der Waals surface area (Å²) < 4.78 is 20.3. The number of amides is 1. The standard InChI is InChI=1S/C27H28FN3O2/c1-4-18-13-22(20-6-5-10-29-24(20)14-18)27(8-9-27)30-26(32)21-15-25(23(28)12-17(21)2)33-16-19-7-11-31(19)3/h4-6,10,12-15,19H,1,7-9,11,16H2,2-3H3,(H,30,32)/t19-/m0/s1. The molecular weight excluding hydrogens is 417 g/mol. The van der Waals surface area contributed by atoms with E-state index in [1.54, 1.807) is 19.2 Å². The number of benzene rings is 2. The molecule has 2 aromatic carbocycles. The van der Waals surface area contributed by atoms with E-state index in [4.69, 9.17) is 4.74 Å². The molecule has 1 aliphatic heterocycles. The molecule has 1 saturated heterocycles. The second kappa shape index (κ2) is 8.27. The second-order valence-corrected chi connectivity index (χ2v) is 9.21. The number of carbonyl (C=O) groups excluding carboxylic acids is 1. The van der Waals surface area contributed by atoms with Crippen LogP contribution in [0.5, 0.6) is 5.75 Å². The third-order valence-electron chi connectivity index (χ3n) is 6.99. The molecule has 1 aliphatic carbocycles. The lowest BCUT2D eigenvalue weighted by Gasteiger charge is -2.37. The number of hydrogen-bond acceptors (Lipinski definition) is 4. The third-order valence-corrected chi connectivity index (χ3v) is 6.99. The first-order chi connectivity index (χ1) is 15.9. The van der Waals surface area contributed by atoms with Crippen LogP contribution in [-0.4, -0.2) is 42.0 Å². The minimum atomic E-state index is -0.464. The SMILES string of the molecule is C=Cc1cc(C2(NC(=O)c3cc(OC[C@@H]4CCN4C)c(F)cc3C)CC2)c2cccnc2c1. The number of likely N-dealkylation sites (N-methyl/N-ethyl adjacent to an activating group) is 1. The van der Waals surface area contributed by atoms with Gasteiger partial charge in [0.15, 0.2) is 11.6 Å². The number of hydrogen-bond donors (Lipinski definition) is 1. The summed E-state index contributed by atoms with van der Waals surface area (Å²) in [4.78, 5) is 20.0. The molecule has 1 saturated carbocycles. The molecule has 0 radical (unpaired) electrons. The number of nitrogens with zero attached hydrogens (tertiary/aromatic N) is 2. The van der Waals surface area contributed by atoms with Crippen molar-refractivity contribution in [3.05, 3.63) is 77.2 Å². The molecule has 3 aromatic rings. The third kappa shape index (κ3) is 4.00. The average Bonchev–Trinajstić information content (AvgIpc) is 3.58. The van der Waals surface area contributed by atoms with E-state index in [2.05, 4.69) is 27.8 Å². The molecular formula is C27H28FN3O2. The summed E-state index contributed by atoms with van der Waals surface area (Å²) in [6, 6.07) is 11.2. The van der Waals surface area contributed by atoms with Crippen LogP contribution < -0.4 is 10.1 Å². The molecule has 1 aromatic heterocycles. The zero-order valence-electron chi connectivity index (χ0n) is 19.0. The first-order valence-electron chi connectivity index (χ1n) is 11.4. The highest BCUT2D eigenvalue weighted by Gasteiger charge is 2.47. The fraction of sp³-hybridized carbons (Fsp3) is 0.333. The van der Waals surface area contributed by atoms with Gasteiger partial charge in [0.2, 0.25) is 0 Å². The Balaban J connectivity index is 1.42. The first kappa shape index (κ1) is 21.6. The van der Waals surface area contributed by atoms with Crippen molar-refractivity contribution in [3.63, 3.8) is 0 Å². The molecule has 0 bridgehead atoms. The van der Waals surface area contributed by atoms with Crippen LogP contribution in [0, 0.1) is 12.7 Å². The summed E-state index contributed by atoms with van der Waals surface area (Å²) in [6.45, 7) is 7.08. The summed E-state index contributed by atoms with van der Waals surface area (Å²) in [5.74, 6) is -0.543. The number of aromatic nitrogens is 1. The maximum atomic E-state index is 14.5. The highest BCUT2D eigenvalue weighted by Crippen LogP contribution is 2.48. The number of ether oxygens (including phenoxy) is 1. The molecule has 6 heteroatoms. The van der Waals surface area contributed by atoms with Crippen molar-refractivity contribution in [2.24, 2.45) is 0 Å². The topological polar surface area (TPSA) is 54.5 Å². The molecule has 33 heavy (non-hydrogen) atoms. The molecule has 0 unspecified atom stereocenters. The molecule has 1 amide bonds. The molecule has 2 fully saturated rings. The van der Waals surface area contributed by atoms with E-state index in [0.717, 1.165) is 47.8 Å². The van der Waals surface area contributed by atoms with Gasteiger partial charge in [-0.2, -0.15) is 0 Å². The highest BCUT2D eigenvalue weighted by molar-refractivity contribution is 5.97. The number of halogens is 1. The Morgan fingerprint density at radius 3 is 2.85 bits per heavy atom.